The van der Waals surface area contributed by atoms with Crippen molar-refractivity contribution in [2.75, 3.05) is 13.2 Å². The number of ether oxygens (including phenoxy) is 3. The first-order valence-corrected chi connectivity index (χ1v) is 25.8. The lowest BCUT2D eigenvalue weighted by Crippen LogP contribution is -2.30. The van der Waals surface area contributed by atoms with Crippen LogP contribution in [0.5, 0.6) is 0 Å². The first-order chi connectivity index (χ1) is 29.0. The summed E-state index contributed by atoms with van der Waals surface area (Å²) in [6.07, 6.45) is 54.4. The van der Waals surface area contributed by atoms with E-state index >= 15 is 0 Å². The number of carbonyl (C=O) groups is 3. The van der Waals surface area contributed by atoms with Crippen LogP contribution in [-0.2, 0) is 28.6 Å². The zero-order valence-electron chi connectivity index (χ0n) is 39.5. The summed E-state index contributed by atoms with van der Waals surface area (Å²) in [4.78, 5) is 37.9. The molecule has 0 unspecified atom stereocenters. The number of esters is 3. The number of hydrogen-bond acceptors (Lipinski definition) is 6. The van der Waals surface area contributed by atoms with Crippen molar-refractivity contribution in [3.05, 3.63) is 24.3 Å². The Bertz CT molecular complexity index is 958. The molecule has 0 rings (SSSR count). The van der Waals surface area contributed by atoms with Gasteiger partial charge in [-0.15, -0.1) is 0 Å². The van der Waals surface area contributed by atoms with E-state index in [0.29, 0.717) is 19.3 Å². The van der Waals surface area contributed by atoms with E-state index in [-0.39, 0.29) is 31.1 Å². The van der Waals surface area contributed by atoms with Gasteiger partial charge in [-0.3, -0.25) is 14.4 Å². The van der Waals surface area contributed by atoms with Crippen molar-refractivity contribution in [1.82, 2.24) is 0 Å². The first-order valence-electron chi connectivity index (χ1n) is 25.8. The molecule has 0 aromatic carbocycles. The fraction of sp³-hybridized carbons (Fsp3) is 0.868. The predicted octanol–water partition coefficient (Wildman–Crippen LogP) is 16.8. The Morgan fingerprint density at radius 2 is 0.559 bits per heavy atom. The molecule has 0 aromatic rings. The van der Waals surface area contributed by atoms with Crippen LogP contribution in [0.3, 0.4) is 0 Å². The van der Waals surface area contributed by atoms with Crippen LogP contribution < -0.4 is 0 Å². The number of allylic oxidation sites excluding steroid dienone is 4. The molecule has 0 aromatic heterocycles. The van der Waals surface area contributed by atoms with Crippen molar-refractivity contribution in [3.63, 3.8) is 0 Å². The molecule has 0 saturated carbocycles. The number of hydrogen-bond donors (Lipinski definition) is 0. The van der Waals surface area contributed by atoms with Crippen molar-refractivity contribution >= 4 is 17.9 Å². The maximum absolute atomic E-state index is 12.8. The van der Waals surface area contributed by atoms with Gasteiger partial charge >= 0.3 is 17.9 Å². The Morgan fingerprint density at radius 3 is 0.864 bits per heavy atom. The summed E-state index contributed by atoms with van der Waals surface area (Å²) in [6, 6.07) is 0. The molecule has 6 nitrogen and oxygen atoms in total. The zero-order chi connectivity index (χ0) is 43.0. The highest BCUT2D eigenvalue weighted by Gasteiger charge is 2.19. The summed E-state index contributed by atoms with van der Waals surface area (Å²) >= 11 is 0. The van der Waals surface area contributed by atoms with Crippen molar-refractivity contribution in [1.29, 1.82) is 0 Å². The average Bonchev–Trinajstić information content (AvgIpc) is 3.23. The Morgan fingerprint density at radius 1 is 0.322 bits per heavy atom. The monoisotopic (exact) mass is 831 g/mol. The summed E-state index contributed by atoms with van der Waals surface area (Å²) in [5, 5.41) is 0. The highest BCUT2D eigenvalue weighted by atomic mass is 16.6. The lowest BCUT2D eigenvalue weighted by Gasteiger charge is -2.18. The van der Waals surface area contributed by atoms with Gasteiger partial charge in [-0.1, -0.05) is 212 Å². The first kappa shape index (κ1) is 56.9. The summed E-state index contributed by atoms with van der Waals surface area (Å²) in [5.74, 6) is -0.875. The molecule has 0 aliphatic heterocycles. The van der Waals surface area contributed by atoms with Crippen molar-refractivity contribution < 1.29 is 28.6 Å². The fourth-order valence-electron chi connectivity index (χ4n) is 7.49. The second-order valence-corrected chi connectivity index (χ2v) is 17.4. The van der Waals surface area contributed by atoms with Crippen LogP contribution in [0, 0.1) is 0 Å². The van der Waals surface area contributed by atoms with Gasteiger partial charge in [-0.2, -0.15) is 0 Å². The van der Waals surface area contributed by atoms with Gasteiger partial charge in [-0.05, 0) is 70.6 Å². The quantitative estimate of drug-likeness (QED) is 0.0263. The summed E-state index contributed by atoms with van der Waals surface area (Å²) in [7, 11) is 0. The number of unbranched alkanes of at least 4 members (excludes halogenated alkanes) is 32. The normalized spacial score (nSPS) is 12.1. The molecule has 0 N–H and O–H groups in total. The van der Waals surface area contributed by atoms with Gasteiger partial charge in [0.1, 0.15) is 13.2 Å². The van der Waals surface area contributed by atoms with E-state index in [2.05, 4.69) is 45.1 Å². The van der Waals surface area contributed by atoms with Gasteiger partial charge in [0.25, 0.3) is 0 Å². The van der Waals surface area contributed by atoms with Crippen molar-refractivity contribution in [3.8, 4) is 0 Å². The van der Waals surface area contributed by atoms with Gasteiger partial charge in [0.2, 0.25) is 0 Å². The molecule has 6 heteroatoms. The third kappa shape index (κ3) is 46.8. The molecular formula is C53H98O6. The van der Waals surface area contributed by atoms with Crippen LogP contribution in [-0.4, -0.2) is 37.2 Å². The highest BCUT2D eigenvalue weighted by molar-refractivity contribution is 5.71. The van der Waals surface area contributed by atoms with Gasteiger partial charge in [0, 0.05) is 19.3 Å². The molecule has 1 atom stereocenters. The molecule has 0 aliphatic carbocycles. The Labute approximate surface area is 366 Å². The van der Waals surface area contributed by atoms with Crippen LogP contribution in [0.4, 0.5) is 0 Å². The third-order valence-corrected chi connectivity index (χ3v) is 11.4. The third-order valence-electron chi connectivity index (χ3n) is 11.4. The van der Waals surface area contributed by atoms with Crippen molar-refractivity contribution in [2.24, 2.45) is 0 Å². The molecule has 59 heavy (non-hydrogen) atoms. The topological polar surface area (TPSA) is 78.9 Å². The Balaban J connectivity index is 4.33. The summed E-state index contributed by atoms with van der Waals surface area (Å²) in [6.45, 7) is 6.62. The van der Waals surface area contributed by atoms with E-state index < -0.39 is 6.10 Å². The standard InChI is InChI=1S/C53H98O6/c1-4-7-10-13-16-19-22-24-25-26-27-29-31-34-37-40-43-46-52(55)58-49-50(48-57-51(54)45-42-39-36-33-30-21-18-15-12-9-6-3)59-53(56)47-44-41-38-35-32-28-23-20-17-14-11-8-5-2/h20,23-25,50H,4-19,21-22,26-49H2,1-3H3/b23-20-,25-24-/t50-/m1/s1. The SMILES string of the molecule is CCCCCC/C=C\CCCCCCCC(=O)O[C@@H](COC(=O)CCCCCCCCC/C=C\CCCCCCCC)COC(=O)CCCCCCCCCCCCC. The smallest absolute Gasteiger partial charge is 0.306 e. The van der Waals surface area contributed by atoms with E-state index in [1.54, 1.807) is 0 Å². The summed E-state index contributed by atoms with van der Waals surface area (Å²) in [5.41, 5.74) is 0. The zero-order valence-corrected chi connectivity index (χ0v) is 39.5. The van der Waals surface area contributed by atoms with Gasteiger partial charge in [0.15, 0.2) is 6.10 Å². The molecule has 0 amide bonds. The summed E-state index contributed by atoms with van der Waals surface area (Å²) < 4.78 is 16.8. The minimum Gasteiger partial charge on any atom is -0.462 e. The number of rotatable bonds is 47. The maximum Gasteiger partial charge on any atom is 0.306 e. The predicted molar refractivity (Wildman–Crippen MR) is 252 cm³/mol. The van der Waals surface area contributed by atoms with Crippen LogP contribution in [0.15, 0.2) is 24.3 Å². The van der Waals surface area contributed by atoms with Gasteiger partial charge in [-0.25, -0.2) is 0 Å². The molecule has 0 saturated heterocycles. The maximum atomic E-state index is 12.8. The van der Waals surface area contributed by atoms with Crippen LogP contribution >= 0.6 is 0 Å². The highest BCUT2D eigenvalue weighted by Crippen LogP contribution is 2.15. The fourth-order valence-corrected chi connectivity index (χ4v) is 7.49. The molecule has 0 aliphatic rings. The van der Waals surface area contributed by atoms with E-state index in [9.17, 15) is 14.4 Å². The molecule has 0 bridgehead atoms. The Hall–Kier alpha value is -2.11. The van der Waals surface area contributed by atoms with Crippen LogP contribution in [0.1, 0.15) is 278 Å². The lowest BCUT2D eigenvalue weighted by atomic mass is 10.1. The number of carbonyl (C=O) groups excluding carboxylic acids is 3. The molecular weight excluding hydrogens is 733 g/mol. The van der Waals surface area contributed by atoms with E-state index in [1.807, 2.05) is 0 Å². The van der Waals surface area contributed by atoms with E-state index in [0.717, 1.165) is 64.2 Å². The largest absolute Gasteiger partial charge is 0.462 e. The average molecular weight is 831 g/mol. The Kier molecular flexibility index (Phi) is 46.8. The molecule has 0 fully saturated rings. The minimum absolute atomic E-state index is 0.0725. The van der Waals surface area contributed by atoms with E-state index in [1.165, 1.54) is 173 Å². The second-order valence-electron chi connectivity index (χ2n) is 17.4. The van der Waals surface area contributed by atoms with E-state index in [4.69, 9.17) is 14.2 Å². The molecule has 0 spiro atoms. The molecule has 0 radical (unpaired) electrons. The van der Waals surface area contributed by atoms with Gasteiger partial charge < -0.3 is 14.2 Å². The molecule has 346 valence electrons. The molecule has 0 heterocycles. The van der Waals surface area contributed by atoms with Crippen molar-refractivity contribution in [2.45, 2.75) is 284 Å². The lowest BCUT2D eigenvalue weighted by molar-refractivity contribution is -0.167. The van der Waals surface area contributed by atoms with Gasteiger partial charge in [0.05, 0.1) is 0 Å². The van der Waals surface area contributed by atoms with Crippen LogP contribution in [0.25, 0.3) is 0 Å². The second kappa shape index (κ2) is 48.6. The van der Waals surface area contributed by atoms with Crippen LogP contribution in [0.2, 0.25) is 0 Å². The minimum atomic E-state index is -0.771.